The van der Waals surface area contributed by atoms with E-state index in [1.165, 1.54) is 0 Å². The highest BCUT2D eigenvalue weighted by atomic mass is 16.5. The minimum absolute atomic E-state index is 0.146. The molecule has 5 rings (SSSR count). The number of hydrogen-bond acceptors (Lipinski definition) is 6. The smallest absolute Gasteiger partial charge is 0.255 e. The third kappa shape index (κ3) is 6.15. The van der Waals surface area contributed by atoms with Gasteiger partial charge >= 0.3 is 0 Å². The number of nitrogens with zero attached hydrogens (tertiary/aromatic N) is 3. The number of benzene rings is 3. The summed E-state index contributed by atoms with van der Waals surface area (Å²) in [6.45, 7) is 11.2. The first-order chi connectivity index (χ1) is 18.6. The molecule has 1 amide bonds. The molecule has 2 N–H and O–H groups in total. The number of likely N-dealkylation sites (N-methyl/N-ethyl adjacent to an activating group) is 1. The van der Waals surface area contributed by atoms with E-state index < -0.39 is 0 Å². The normalized spacial score (nSPS) is 13.7. The van der Waals surface area contributed by atoms with Crippen LogP contribution in [0.4, 0.5) is 11.4 Å². The number of fused-ring (bicyclic) bond motifs is 1. The van der Waals surface area contributed by atoms with Crippen LogP contribution in [0.15, 0.2) is 66.7 Å². The van der Waals surface area contributed by atoms with E-state index in [1.54, 1.807) is 0 Å². The van der Waals surface area contributed by atoms with E-state index in [0.29, 0.717) is 12.2 Å². The number of nitrogens with one attached hydrogen (secondary N) is 2. The molecule has 1 saturated heterocycles. The second kappa shape index (κ2) is 12.1. The number of morpholine rings is 1. The standard InChI is InChI=1S/C30H35N5O3/c1-3-34(4-2)15-20-38-26-13-14-27-28(21-26)33-29(32-27)22-5-7-23(8-6-22)30(36)31-24-9-11-25(12-10-24)35-16-18-37-19-17-35/h5-14,21H,3-4,15-20H2,1-2H3,(H,31,36)(H,32,33). The molecule has 0 saturated carbocycles. The average Bonchev–Trinajstić information content (AvgIpc) is 3.40. The number of imidazole rings is 1. The number of hydrogen-bond donors (Lipinski definition) is 2. The SMILES string of the molecule is CCN(CC)CCOc1ccc2nc(-c3ccc(C(=O)Nc4ccc(N5CCOCC5)cc4)cc3)[nH]c2c1. The zero-order valence-corrected chi connectivity index (χ0v) is 22.1. The lowest BCUT2D eigenvalue weighted by Gasteiger charge is -2.28. The van der Waals surface area contributed by atoms with Crippen LogP contribution in [0.25, 0.3) is 22.4 Å². The quantitative estimate of drug-likeness (QED) is 0.309. The number of rotatable bonds is 10. The number of carbonyl (C=O) groups is 1. The maximum absolute atomic E-state index is 12.8. The van der Waals surface area contributed by atoms with Crippen molar-refractivity contribution in [1.82, 2.24) is 14.9 Å². The summed E-state index contributed by atoms with van der Waals surface area (Å²) in [5, 5.41) is 2.98. The van der Waals surface area contributed by atoms with E-state index in [1.807, 2.05) is 66.7 Å². The molecule has 0 unspecified atom stereocenters. The highest BCUT2D eigenvalue weighted by Crippen LogP contribution is 2.25. The summed E-state index contributed by atoms with van der Waals surface area (Å²) in [6.07, 6.45) is 0. The van der Waals surface area contributed by atoms with Gasteiger partial charge in [0.1, 0.15) is 18.2 Å². The molecule has 8 heteroatoms. The minimum Gasteiger partial charge on any atom is -0.492 e. The third-order valence-electron chi connectivity index (χ3n) is 6.95. The molecule has 0 radical (unpaired) electrons. The number of anilines is 2. The van der Waals surface area contributed by atoms with Crippen LogP contribution in [-0.2, 0) is 4.74 Å². The monoisotopic (exact) mass is 513 g/mol. The topological polar surface area (TPSA) is 82.7 Å². The first-order valence-electron chi connectivity index (χ1n) is 13.3. The maximum atomic E-state index is 12.8. The van der Waals surface area contributed by atoms with E-state index in [-0.39, 0.29) is 5.91 Å². The van der Waals surface area contributed by atoms with Crippen LogP contribution < -0.4 is 15.0 Å². The van der Waals surface area contributed by atoms with Crippen LogP contribution in [0.3, 0.4) is 0 Å². The zero-order valence-electron chi connectivity index (χ0n) is 22.1. The second-order valence-electron chi connectivity index (χ2n) is 9.32. The zero-order chi connectivity index (χ0) is 26.3. The minimum atomic E-state index is -0.146. The fraction of sp³-hybridized carbons (Fsp3) is 0.333. The van der Waals surface area contributed by atoms with Gasteiger partial charge in [0, 0.05) is 48.2 Å². The van der Waals surface area contributed by atoms with Gasteiger partial charge in [-0.1, -0.05) is 26.0 Å². The van der Waals surface area contributed by atoms with Crippen molar-refractivity contribution in [3.05, 3.63) is 72.3 Å². The van der Waals surface area contributed by atoms with Gasteiger partial charge in [0.05, 0.1) is 24.2 Å². The molecule has 1 fully saturated rings. The lowest BCUT2D eigenvalue weighted by molar-refractivity contribution is 0.102. The Hall–Kier alpha value is -3.88. The fourth-order valence-electron chi connectivity index (χ4n) is 4.61. The predicted octanol–water partition coefficient (Wildman–Crippen LogP) is 5.04. The molecule has 3 aromatic carbocycles. The van der Waals surface area contributed by atoms with Crippen molar-refractivity contribution in [3.63, 3.8) is 0 Å². The van der Waals surface area contributed by atoms with E-state index in [4.69, 9.17) is 14.5 Å². The number of ether oxygens (including phenoxy) is 2. The van der Waals surface area contributed by atoms with Gasteiger partial charge in [-0.3, -0.25) is 4.79 Å². The molecular formula is C30H35N5O3. The van der Waals surface area contributed by atoms with Crippen molar-refractivity contribution in [2.45, 2.75) is 13.8 Å². The van der Waals surface area contributed by atoms with Crippen molar-refractivity contribution in [2.75, 3.05) is 62.8 Å². The number of aromatic nitrogens is 2. The third-order valence-corrected chi connectivity index (χ3v) is 6.95. The van der Waals surface area contributed by atoms with Crippen LogP contribution >= 0.6 is 0 Å². The molecule has 0 spiro atoms. The molecule has 0 atom stereocenters. The molecule has 0 aliphatic carbocycles. The molecule has 1 aromatic heterocycles. The van der Waals surface area contributed by atoms with Gasteiger partial charge in [0.2, 0.25) is 0 Å². The Balaban J connectivity index is 1.20. The molecule has 1 aliphatic rings. The van der Waals surface area contributed by atoms with Gasteiger partial charge in [-0.25, -0.2) is 4.98 Å². The van der Waals surface area contributed by atoms with Gasteiger partial charge < -0.3 is 29.6 Å². The molecule has 38 heavy (non-hydrogen) atoms. The van der Waals surface area contributed by atoms with E-state index in [2.05, 4.69) is 33.9 Å². The highest BCUT2D eigenvalue weighted by Gasteiger charge is 2.13. The molecule has 8 nitrogen and oxygen atoms in total. The first-order valence-corrected chi connectivity index (χ1v) is 13.3. The molecule has 0 bridgehead atoms. The van der Waals surface area contributed by atoms with Crippen LogP contribution in [0, 0.1) is 0 Å². The van der Waals surface area contributed by atoms with Crippen molar-refractivity contribution in [3.8, 4) is 17.1 Å². The largest absolute Gasteiger partial charge is 0.492 e. The Morgan fingerprint density at radius 1 is 1.03 bits per heavy atom. The van der Waals surface area contributed by atoms with Gasteiger partial charge in [-0.15, -0.1) is 0 Å². The predicted molar refractivity (Wildman–Crippen MR) is 152 cm³/mol. The van der Waals surface area contributed by atoms with Gasteiger partial charge in [0.25, 0.3) is 5.91 Å². The summed E-state index contributed by atoms with van der Waals surface area (Å²) >= 11 is 0. The van der Waals surface area contributed by atoms with Crippen molar-refractivity contribution in [2.24, 2.45) is 0 Å². The fourth-order valence-corrected chi connectivity index (χ4v) is 4.61. The van der Waals surface area contributed by atoms with Crippen LogP contribution in [-0.4, -0.2) is 73.3 Å². The summed E-state index contributed by atoms with van der Waals surface area (Å²) in [6, 6.07) is 21.3. The van der Waals surface area contributed by atoms with Gasteiger partial charge in [-0.2, -0.15) is 0 Å². The van der Waals surface area contributed by atoms with E-state index >= 15 is 0 Å². The maximum Gasteiger partial charge on any atom is 0.255 e. The van der Waals surface area contributed by atoms with Crippen molar-refractivity contribution >= 4 is 28.3 Å². The second-order valence-corrected chi connectivity index (χ2v) is 9.32. The summed E-state index contributed by atoms with van der Waals surface area (Å²) < 4.78 is 11.4. The van der Waals surface area contributed by atoms with Crippen molar-refractivity contribution < 1.29 is 14.3 Å². The Labute approximate surface area is 223 Å². The highest BCUT2D eigenvalue weighted by molar-refractivity contribution is 6.04. The molecule has 2 heterocycles. The van der Waals surface area contributed by atoms with Crippen molar-refractivity contribution in [1.29, 1.82) is 0 Å². The number of amides is 1. The molecule has 198 valence electrons. The van der Waals surface area contributed by atoms with Crippen LogP contribution in [0.5, 0.6) is 5.75 Å². The lowest BCUT2D eigenvalue weighted by Crippen LogP contribution is -2.36. The Morgan fingerprint density at radius 3 is 2.47 bits per heavy atom. The Kier molecular flexibility index (Phi) is 8.21. The molecule has 4 aromatic rings. The number of H-pyrrole nitrogens is 1. The Bertz CT molecular complexity index is 1340. The number of aromatic amines is 1. The van der Waals surface area contributed by atoms with E-state index in [9.17, 15) is 4.79 Å². The summed E-state index contributed by atoms with van der Waals surface area (Å²) in [5.41, 5.74) is 5.20. The number of carbonyl (C=O) groups excluding carboxylic acids is 1. The first kappa shape index (κ1) is 25.8. The Morgan fingerprint density at radius 2 is 1.76 bits per heavy atom. The molecule has 1 aliphatic heterocycles. The summed E-state index contributed by atoms with van der Waals surface area (Å²) in [4.78, 5) is 25.5. The van der Waals surface area contributed by atoms with Crippen LogP contribution in [0.1, 0.15) is 24.2 Å². The van der Waals surface area contributed by atoms with E-state index in [0.717, 1.165) is 85.5 Å². The van der Waals surface area contributed by atoms with Gasteiger partial charge in [-0.05, 0) is 61.6 Å². The average molecular weight is 514 g/mol. The van der Waals surface area contributed by atoms with Crippen LogP contribution in [0.2, 0.25) is 0 Å². The summed E-state index contributed by atoms with van der Waals surface area (Å²) in [5.74, 6) is 1.43. The molecular weight excluding hydrogens is 478 g/mol. The lowest BCUT2D eigenvalue weighted by atomic mass is 10.1. The summed E-state index contributed by atoms with van der Waals surface area (Å²) in [7, 11) is 0. The van der Waals surface area contributed by atoms with Gasteiger partial charge in [0.15, 0.2) is 0 Å².